The molecule has 0 aromatic heterocycles. The summed E-state index contributed by atoms with van der Waals surface area (Å²) in [4.78, 5) is 26.1. The lowest BCUT2D eigenvalue weighted by Gasteiger charge is -2.33. The number of carboxylic acids is 1. The van der Waals surface area contributed by atoms with Gasteiger partial charge in [0.15, 0.2) is 0 Å². The summed E-state index contributed by atoms with van der Waals surface area (Å²) >= 11 is 0. The number of nitrogens with zero attached hydrogens (tertiary/aromatic N) is 1. The molecule has 2 fully saturated rings. The fraction of sp³-hybridized carbons (Fsp3) is 0.556. The second kappa shape index (κ2) is 6.91. The first-order chi connectivity index (χ1) is 11.5. The second-order valence-electron chi connectivity index (χ2n) is 6.64. The van der Waals surface area contributed by atoms with Crippen molar-refractivity contribution in [2.24, 2.45) is 11.3 Å². The van der Waals surface area contributed by atoms with Gasteiger partial charge in [0.25, 0.3) is 5.91 Å². The third kappa shape index (κ3) is 3.16. The fourth-order valence-electron chi connectivity index (χ4n) is 3.59. The second-order valence-corrected chi connectivity index (χ2v) is 6.64. The van der Waals surface area contributed by atoms with Crippen LogP contribution in [0.2, 0.25) is 0 Å². The van der Waals surface area contributed by atoms with Crippen LogP contribution in [-0.4, -0.2) is 54.3 Å². The van der Waals surface area contributed by atoms with Crippen molar-refractivity contribution in [1.29, 1.82) is 0 Å². The number of aliphatic carboxylic acids is 1. The normalized spacial score (nSPS) is 27.5. The minimum absolute atomic E-state index is 0.144. The Bertz CT molecular complexity index is 605. The van der Waals surface area contributed by atoms with Crippen LogP contribution in [0.25, 0.3) is 0 Å². The van der Waals surface area contributed by atoms with Gasteiger partial charge in [-0.1, -0.05) is 30.3 Å². The quantitative estimate of drug-likeness (QED) is 0.884. The molecule has 1 aromatic carbocycles. The Morgan fingerprint density at radius 2 is 2.17 bits per heavy atom. The van der Waals surface area contributed by atoms with Gasteiger partial charge < -0.3 is 19.5 Å². The van der Waals surface area contributed by atoms with Gasteiger partial charge in [0, 0.05) is 25.6 Å². The van der Waals surface area contributed by atoms with Crippen LogP contribution in [0.3, 0.4) is 0 Å². The van der Waals surface area contributed by atoms with Crippen molar-refractivity contribution >= 4 is 11.9 Å². The van der Waals surface area contributed by atoms with Gasteiger partial charge in [-0.3, -0.25) is 9.59 Å². The van der Waals surface area contributed by atoms with Crippen LogP contribution in [0.5, 0.6) is 0 Å². The van der Waals surface area contributed by atoms with Crippen molar-refractivity contribution in [3.8, 4) is 0 Å². The van der Waals surface area contributed by atoms with Crippen molar-refractivity contribution in [2.45, 2.75) is 26.1 Å². The molecule has 130 valence electrons. The number of carbonyl (C=O) groups is 2. The van der Waals surface area contributed by atoms with Gasteiger partial charge in [0.2, 0.25) is 0 Å². The number of amides is 1. The maximum atomic E-state index is 12.6. The van der Waals surface area contributed by atoms with Crippen LogP contribution >= 0.6 is 0 Å². The monoisotopic (exact) mass is 333 g/mol. The molecule has 3 atom stereocenters. The molecular weight excluding hydrogens is 310 g/mol. The van der Waals surface area contributed by atoms with E-state index in [2.05, 4.69) is 0 Å². The van der Waals surface area contributed by atoms with Gasteiger partial charge in [-0.25, -0.2) is 0 Å². The maximum Gasteiger partial charge on any atom is 0.311 e. The topological polar surface area (TPSA) is 76.1 Å². The van der Waals surface area contributed by atoms with E-state index < -0.39 is 17.5 Å². The zero-order valence-electron chi connectivity index (χ0n) is 13.8. The third-order valence-electron chi connectivity index (χ3n) is 5.13. The molecule has 2 saturated heterocycles. The van der Waals surface area contributed by atoms with E-state index in [4.69, 9.17) is 9.47 Å². The number of rotatable bonds is 5. The van der Waals surface area contributed by atoms with Crippen LogP contribution in [-0.2, 0) is 25.7 Å². The van der Waals surface area contributed by atoms with Gasteiger partial charge in [-0.05, 0) is 18.9 Å². The highest BCUT2D eigenvalue weighted by atomic mass is 16.5. The predicted molar refractivity (Wildman–Crippen MR) is 86.3 cm³/mol. The van der Waals surface area contributed by atoms with E-state index >= 15 is 0 Å². The van der Waals surface area contributed by atoms with Gasteiger partial charge in [-0.2, -0.15) is 0 Å². The summed E-state index contributed by atoms with van der Waals surface area (Å²) < 4.78 is 11.1. The molecule has 0 spiro atoms. The van der Waals surface area contributed by atoms with Crippen molar-refractivity contribution in [3.63, 3.8) is 0 Å². The Kier molecular flexibility index (Phi) is 4.87. The van der Waals surface area contributed by atoms with E-state index in [1.807, 2.05) is 30.3 Å². The largest absolute Gasteiger partial charge is 0.481 e. The number of fused-ring (bicyclic) bond motifs is 1. The summed E-state index contributed by atoms with van der Waals surface area (Å²) in [6.45, 7) is 3.58. The summed E-state index contributed by atoms with van der Waals surface area (Å²) in [5, 5.41) is 9.66. The van der Waals surface area contributed by atoms with E-state index in [0.717, 1.165) is 5.56 Å². The van der Waals surface area contributed by atoms with Gasteiger partial charge in [0.1, 0.15) is 6.10 Å². The van der Waals surface area contributed by atoms with Crippen molar-refractivity contribution in [3.05, 3.63) is 35.9 Å². The number of carbonyl (C=O) groups excluding carboxylic acids is 1. The predicted octanol–water partition coefficient (Wildman–Crippen LogP) is 1.54. The Labute approximate surface area is 141 Å². The smallest absolute Gasteiger partial charge is 0.311 e. The molecule has 2 aliphatic heterocycles. The Morgan fingerprint density at radius 3 is 2.83 bits per heavy atom. The Balaban J connectivity index is 1.62. The fourth-order valence-corrected chi connectivity index (χ4v) is 3.59. The summed E-state index contributed by atoms with van der Waals surface area (Å²) in [5.74, 6) is -1.13. The lowest BCUT2D eigenvalue weighted by atomic mass is 9.74. The number of hydrogen-bond donors (Lipinski definition) is 1. The van der Waals surface area contributed by atoms with Gasteiger partial charge >= 0.3 is 5.97 Å². The molecule has 3 rings (SSSR count). The van der Waals surface area contributed by atoms with Crippen LogP contribution < -0.4 is 0 Å². The summed E-state index contributed by atoms with van der Waals surface area (Å²) in [5.41, 5.74) is 0.134. The molecule has 0 bridgehead atoms. The minimum Gasteiger partial charge on any atom is -0.481 e. The molecule has 6 nitrogen and oxygen atoms in total. The van der Waals surface area contributed by atoms with E-state index in [9.17, 15) is 14.7 Å². The first kappa shape index (κ1) is 16.9. The van der Waals surface area contributed by atoms with E-state index in [1.165, 1.54) is 0 Å². The number of hydrogen-bond acceptors (Lipinski definition) is 4. The Morgan fingerprint density at radius 1 is 1.42 bits per heavy atom. The van der Waals surface area contributed by atoms with E-state index in [-0.39, 0.29) is 18.4 Å². The SMILES string of the molecule is CC(OCc1ccccc1)C(=O)N1C[C@H]2COCC[C@@]2(C(=O)O)C1. The summed E-state index contributed by atoms with van der Waals surface area (Å²) in [6, 6.07) is 9.66. The zero-order valence-corrected chi connectivity index (χ0v) is 13.8. The molecule has 2 heterocycles. The molecular formula is C18H23NO5. The van der Waals surface area contributed by atoms with Crippen LogP contribution in [0.4, 0.5) is 0 Å². The average molecular weight is 333 g/mol. The van der Waals surface area contributed by atoms with E-state index in [0.29, 0.717) is 32.8 Å². The highest BCUT2D eigenvalue weighted by Gasteiger charge is 2.55. The summed E-state index contributed by atoms with van der Waals surface area (Å²) in [6.07, 6.45) is -0.145. The molecule has 0 radical (unpaired) electrons. The minimum atomic E-state index is -0.868. The number of carboxylic acid groups (broad SMARTS) is 1. The van der Waals surface area contributed by atoms with E-state index in [1.54, 1.807) is 11.8 Å². The van der Waals surface area contributed by atoms with Crippen LogP contribution in [0.1, 0.15) is 18.9 Å². The van der Waals surface area contributed by atoms with Gasteiger partial charge in [0.05, 0.1) is 18.6 Å². The molecule has 24 heavy (non-hydrogen) atoms. The molecule has 1 N–H and O–H groups in total. The number of benzene rings is 1. The van der Waals surface area contributed by atoms with Crippen molar-refractivity contribution in [1.82, 2.24) is 4.90 Å². The van der Waals surface area contributed by atoms with Crippen molar-refractivity contribution in [2.75, 3.05) is 26.3 Å². The molecule has 1 unspecified atom stereocenters. The standard InChI is InChI=1S/C18H23NO5/c1-13(24-10-14-5-3-2-4-6-14)16(20)19-9-15-11-23-8-7-18(15,12-19)17(21)22/h2-6,13,15H,7-12H2,1H3,(H,21,22)/t13?,15-,18+/m0/s1. The lowest BCUT2D eigenvalue weighted by molar-refractivity contribution is -0.157. The molecule has 2 aliphatic rings. The molecule has 6 heteroatoms. The molecule has 1 amide bonds. The first-order valence-electron chi connectivity index (χ1n) is 8.28. The third-order valence-corrected chi connectivity index (χ3v) is 5.13. The molecule has 0 saturated carbocycles. The highest BCUT2D eigenvalue weighted by molar-refractivity contribution is 5.83. The van der Waals surface area contributed by atoms with Crippen molar-refractivity contribution < 1.29 is 24.2 Å². The van der Waals surface area contributed by atoms with Crippen LogP contribution in [0, 0.1) is 11.3 Å². The van der Waals surface area contributed by atoms with Crippen LogP contribution in [0.15, 0.2) is 30.3 Å². The number of likely N-dealkylation sites (tertiary alicyclic amines) is 1. The average Bonchev–Trinajstić information content (AvgIpc) is 3.01. The maximum absolute atomic E-state index is 12.6. The van der Waals surface area contributed by atoms with Gasteiger partial charge in [-0.15, -0.1) is 0 Å². The lowest BCUT2D eigenvalue weighted by Crippen LogP contribution is -2.45. The highest BCUT2D eigenvalue weighted by Crippen LogP contribution is 2.42. The molecule has 1 aromatic rings. The first-order valence-corrected chi connectivity index (χ1v) is 8.28. The summed E-state index contributed by atoms with van der Waals surface area (Å²) in [7, 11) is 0. The number of ether oxygens (including phenoxy) is 2. The Hall–Kier alpha value is -1.92. The zero-order chi connectivity index (χ0) is 17.2. The molecule has 0 aliphatic carbocycles.